The summed E-state index contributed by atoms with van der Waals surface area (Å²) >= 11 is 1.93. The van der Waals surface area contributed by atoms with Gasteiger partial charge in [-0.1, -0.05) is 160 Å². The van der Waals surface area contributed by atoms with Gasteiger partial charge in [-0.25, -0.2) is 0 Å². The maximum atomic E-state index is 2.45. The molecular formula is C40H40S. The van der Waals surface area contributed by atoms with Crippen LogP contribution in [0.2, 0.25) is 0 Å². The van der Waals surface area contributed by atoms with Crippen LogP contribution >= 0.6 is 11.8 Å². The predicted octanol–water partition coefficient (Wildman–Crippen LogP) is 12.0. The monoisotopic (exact) mass is 552 g/mol. The van der Waals surface area contributed by atoms with Gasteiger partial charge in [-0.2, -0.15) is 0 Å². The second-order valence-electron chi connectivity index (χ2n) is 11.3. The number of hydrogen-bond donors (Lipinski definition) is 0. The zero-order valence-electron chi connectivity index (χ0n) is 24.2. The number of fused-ring (bicyclic) bond motifs is 2. The van der Waals surface area contributed by atoms with Crippen LogP contribution in [0.4, 0.5) is 0 Å². The molecule has 0 radical (unpaired) electrons. The zero-order valence-corrected chi connectivity index (χ0v) is 25.1. The van der Waals surface area contributed by atoms with Gasteiger partial charge in [0.25, 0.3) is 0 Å². The largest absolute Gasteiger partial charge is 0.0895 e. The molecule has 0 amide bonds. The minimum Gasteiger partial charge on any atom is -0.0895 e. The van der Waals surface area contributed by atoms with Gasteiger partial charge in [0.1, 0.15) is 0 Å². The van der Waals surface area contributed by atoms with Gasteiger partial charge in [0.2, 0.25) is 0 Å². The molecule has 1 heterocycles. The zero-order chi connectivity index (χ0) is 27.9. The predicted molar refractivity (Wildman–Crippen MR) is 178 cm³/mol. The van der Waals surface area contributed by atoms with E-state index in [0.29, 0.717) is 0 Å². The molecule has 5 aromatic rings. The second-order valence-corrected chi connectivity index (χ2v) is 12.4. The number of aryl methyl sites for hydroxylation is 1. The van der Waals surface area contributed by atoms with Crippen LogP contribution in [0.3, 0.4) is 0 Å². The van der Waals surface area contributed by atoms with Crippen molar-refractivity contribution in [2.24, 2.45) is 0 Å². The van der Waals surface area contributed by atoms with E-state index in [1.165, 1.54) is 111 Å². The molecule has 6 rings (SSSR count). The molecule has 0 aliphatic carbocycles. The molecule has 0 unspecified atom stereocenters. The van der Waals surface area contributed by atoms with E-state index in [0.717, 1.165) is 6.42 Å². The van der Waals surface area contributed by atoms with Crippen molar-refractivity contribution in [3.63, 3.8) is 0 Å². The topological polar surface area (TPSA) is 0 Å². The molecule has 1 aliphatic heterocycles. The van der Waals surface area contributed by atoms with Gasteiger partial charge < -0.3 is 0 Å². The normalized spacial score (nSPS) is 12.1. The van der Waals surface area contributed by atoms with Crippen LogP contribution in [0.5, 0.6) is 0 Å². The average Bonchev–Trinajstić information content (AvgIpc) is 3.03. The Balaban J connectivity index is 1.41. The third-order valence-corrected chi connectivity index (χ3v) is 9.61. The highest BCUT2D eigenvalue weighted by atomic mass is 32.2. The lowest BCUT2D eigenvalue weighted by Crippen LogP contribution is -2.05. The molecule has 41 heavy (non-hydrogen) atoms. The molecule has 1 heteroatoms. The van der Waals surface area contributed by atoms with Crippen LogP contribution in [-0.4, -0.2) is 0 Å². The maximum absolute atomic E-state index is 2.45. The Morgan fingerprint density at radius 1 is 0.537 bits per heavy atom. The SMILES string of the molecule is CCCCCCCCCc1ccc(-c2c3c(cc(-c4ccccc4)c2-c2ccccc2)Sc2ccccc2C3)cc1. The molecule has 206 valence electrons. The molecular weight excluding hydrogens is 513 g/mol. The minimum atomic E-state index is 0.961. The van der Waals surface area contributed by atoms with Gasteiger partial charge in [0, 0.05) is 16.2 Å². The van der Waals surface area contributed by atoms with Crippen molar-refractivity contribution in [2.45, 2.75) is 74.5 Å². The van der Waals surface area contributed by atoms with Crippen molar-refractivity contribution < 1.29 is 0 Å². The van der Waals surface area contributed by atoms with Gasteiger partial charge >= 0.3 is 0 Å². The molecule has 0 aromatic heterocycles. The standard InChI is InChI=1S/C40H40S/c1-2-3-4-5-6-7-10-17-30-24-26-33(27-25-30)40-36-28-34-22-15-16-23-37(34)41-38(36)29-35(31-18-11-8-12-19-31)39(40)32-20-13-9-14-21-32/h8-9,11-16,18-27,29H,2-7,10,17,28H2,1H3. The third kappa shape index (κ3) is 6.36. The summed E-state index contributed by atoms with van der Waals surface area (Å²) in [4.78, 5) is 2.76. The highest BCUT2D eigenvalue weighted by Gasteiger charge is 2.25. The van der Waals surface area contributed by atoms with Gasteiger partial charge in [-0.05, 0) is 75.0 Å². The Kier molecular flexibility index (Phi) is 9.03. The molecule has 0 spiro atoms. The fourth-order valence-electron chi connectivity index (χ4n) is 6.22. The van der Waals surface area contributed by atoms with Crippen LogP contribution in [0, 0.1) is 0 Å². The van der Waals surface area contributed by atoms with Crippen LogP contribution in [0.1, 0.15) is 68.6 Å². The van der Waals surface area contributed by atoms with Crippen LogP contribution in [0.15, 0.2) is 125 Å². The lowest BCUT2D eigenvalue weighted by atomic mass is 9.82. The van der Waals surface area contributed by atoms with E-state index < -0.39 is 0 Å². The number of rotatable bonds is 11. The summed E-state index contributed by atoms with van der Waals surface area (Å²) < 4.78 is 0. The Morgan fingerprint density at radius 2 is 1.15 bits per heavy atom. The van der Waals surface area contributed by atoms with Crippen LogP contribution in [0.25, 0.3) is 33.4 Å². The molecule has 5 aromatic carbocycles. The molecule has 0 atom stereocenters. The first kappa shape index (κ1) is 27.6. The number of benzene rings is 5. The third-order valence-electron chi connectivity index (χ3n) is 8.41. The van der Waals surface area contributed by atoms with Crippen LogP contribution in [-0.2, 0) is 12.8 Å². The van der Waals surface area contributed by atoms with Gasteiger partial charge in [0.05, 0.1) is 0 Å². The lowest BCUT2D eigenvalue weighted by Gasteiger charge is -2.27. The van der Waals surface area contributed by atoms with E-state index in [9.17, 15) is 0 Å². The fourth-order valence-corrected chi connectivity index (χ4v) is 7.35. The Bertz CT molecular complexity index is 1570. The first-order valence-corrected chi connectivity index (χ1v) is 16.3. The quantitative estimate of drug-likeness (QED) is 0.144. The van der Waals surface area contributed by atoms with Crippen molar-refractivity contribution in [1.29, 1.82) is 0 Å². The fraction of sp³-hybridized carbons (Fsp3) is 0.250. The van der Waals surface area contributed by atoms with Crippen molar-refractivity contribution in [3.05, 3.63) is 132 Å². The smallest absolute Gasteiger partial charge is 0.0170 e. The van der Waals surface area contributed by atoms with Gasteiger partial charge in [-0.3, -0.25) is 0 Å². The second kappa shape index (κ2) is 13.4. The van der Waals surface area contributed by atoms with Crippen molar-refractivity contribution in [3.8, 4) is 33.4 Å². The van der Waals surface area contributed by atoms with E-state index in [2.05, 4.69) is 122 Å². The Morgan fingerprint density at radius 3 is 1.88 bits per heavy atom. The molecule has 0 nitrogen and oxygen atoms in total. The molecule has 0 saturated carbocycles. The van der Waals surface area contributed by atoms with Crippen molar-refractivity contribution in [1.82, 2.24) is 0 Å². The summed E-state index contributed by atoms with van der Waals surface area (Å²) in [7, 11) is 0. The van der Waals surface area contributed by atoms with Crippen molar-refractivity contribution >= 4 is 11.8 Å². The molecule has 0 N–H and O–H groups in total. The highest BCUT2D eigenvalue weighted by Crippen LogP contribution is 2.50. The summed E-state index contributed by atoms with van der Waals surface area (Å²) in [6.07, 6.45) is 11.6. The first-order chi connectivity index (χ1) is 20.3. The van der Waals surface area contributed by atoms with Gasteiger partial charge in [-0.15, -0.1) is 0 Å². The Labute approximate surface area is 250 Å². The summed E-state index contributed by atoms with van der Waals surface area (Å²) in [6.45, 7) is 2.29. The van der Waals surface area contributed by atoms with Gasteiger partial charge in [0.15, 0.2) is 0 Å². The summed E-state index contributed by atoms with van der Waals surface area (Å²) in [5.41, 5.74) is 12.2. The lowest BCUT2D eigenvalue weighted by molar-refractivity contribution is 0.589. The number of unbranched alkanes of at least 4 members (excludes halogenated alkanes) is 6. The van der Waals surface area contributed by atoms with E-state index >= 15 is 0 Å². The molecule has 1 aliphatic rings. The summed E-state index contributed by atoms with van der Waals surface area (Å²) in [5, 5.41) is 0. The molecule has 0 fully saturated rings. The van der Waals surface area contributed by atoms with E-state index in [-0.39, 0.29) is 0 Å². The van der Waals surface area contributed by atoms with Crippen molar-refractivity contribution in [2.75, 3.05) is 0 Å². The maximum Gasteiger partial charge on any atom is 0.0170 e. The molecule has 0 bridgehead atoms. The summed E-state index contributed by atoms with van der Waals surface area (Å²) in [5.74, 6) is 0. The summed E-state index contributed by atoms with van der Waals surface area (Å²) in [6, 6.07) is 42.8. The average molecular weight is 553 g/mol. The number of hydrogen-bond acceptors (Lipinski definition) is 1. The van der Waals surface area contributed by atoms with E-state index in [4.69, 9.17) is 0 Å². The van der Waals surface area contributed by atoms with E-state index in [1.807, 2.05) is 11.8 Å². The molecule has 0 saturated heterocycles. The van der Waals surface area contributed by atoms with Crippen LogP contribution < -0.4 is 0 Å². The highest BCUT2D eigenvalue weighted by molar-refractivity contribution is 7.99. The Hall–Kier alpha value is -3.55. The van der Waals surface area contributed by atoms with E-state index in [1.54, 1.807) is 0 Å². The minimum absolute atomic E-state index is 0.961. The first-order valence-electron chi connectivity index (χ1n) is 15.5.